The van der Waals surface area contributed by atoms with E-state index in [-0.39, 0.29) is 25.7 Å². The molecule has 3 unspecified atom stereocenters. The summed E-state index contributed by atoms with van der Waals surface area (Å²) in [5.41, 5.74) is 0. The van der Waals surface area contributed by atoms with Crippen molar-refractivity contribution in [1.82, 2.24) is 0 Å². The highest BCUT2D eigenvalue weighted by Crippen LogP contribution is 2.45. The average Bonchev–Trinajstić information content (AvgIpc) is 3.01. The second-order valence-corrected chi connectivity index (χ2v) is 30.2. The minimum atomic E-state index is -4.95. The van der Waals surface area contributed by atoms with Gasteiger partial charge in [0.2, 0.25) is 0 Å². The number of phosphoric acid groups is 2. The van der Waals surface area contributed by atoms with Gasteiger partial charge in [0.1, 0.15) is 19.3 Å². The van der Waals surface area contributed by atoms with Crippen molar-refractivity contribution in [3.8, 4) is 0 Å². The van der Waals surface area contributed by atoms with Crippen LogP contribution in [0, 0.1) is 23.7 Å². The molecule has 0 radical (unpaired) electrons. The second-order valence-electron chi connectivity index (χ2n) is 27.3. The summed E-state index contributed by atoms with van der Waals surface area (Å²) in [7, 11) is -9.90. The molecule has 0 saturated carbocycles. The minimum absolute atomic E-state index is 0.102. The van der Waals surface area contributed by atoms with E-state index in [4.69, 9.17) is 37.0 Å². The lowest BCUT2D eigenvalue weighted by Gasteiger charge is -2.21. The van der Waals surface area contributed by atoms with Crippen LogP contribution in [0.3, 0.4) is 0 Å². The lowest BCUT2D eigenvalue weighted by Crippen LogP contribution is -2.30. The monoisotopic (exact) mass is 1320 g/mol. The van der Waals surface area contributed by atoms with Gasteiger partial charge in [-0.1, -0.05) is 299 Å². The van der Waals surface area contributed by atoms with E-state index >= 15 is 0 Å². The Morgan fingerprint density at radius 2 is 0.533 bits per heavy atom. The van der Waals surface area contributed by atoms with Gasteiger partial charge in [-0.2, -0.15) is 0 Å². The molecule has 0 aromatic carbocycles. The Bertz CT molecular complexity index is 1780. The van der Waals surface area contributed by atoms with E-state index in [0.29, 0.717) is 31.6 Å². The van der Waals surface area contributed by atoms with Crippen molar-refractivity contribution in [2.24, 2.45) is 23.7 Å². The van der Waals surface area contributed by atoms with Gasteiger partial charge in [0, 0.05) is 25.7 Å². The van der Waals surface area contributed by atoms with Crippen LogP contribution in [-0.4, -0.2) is 96.7 Å². The van der Waals surface area contributed by atoms with Crippen LogP contribution in [0.2, 0.25) is 0 Å². The number of rotatable bonds is 68. The van der Waals surface area contributed by atoms with Crippen LogP contribution in [0.15, 0.2) is 0 Å². The molecule has 6 atom stereocenters. The third-order valence-corrected chi connectivity index (χ3v) is 18.6. The maximum Gasteiger partial charge on any atom is 0.472 e. The molecule has 0 amide bonds. The Morgan fingerprint density at radius 3 is 0.789 bits per heavy atom. The predicted molar refractivity (Wildman–Crippen MR) is 363 cm³/mol. The molecule has 0 spiro atoms. The normalized spacial score (nSPS) is 14.6. The van der Waals surface area contributed by atoms with E-state index in [9.17, 15) is 43.2 Å². The average molecular weight is 1330 g/mol. The molecule has 0 rings (SSSR count). The zero-order valence-corrected chi connectivity index (χ0v) is 60.6. The molecule has 0 bridgehead atoms. The molecule has 0 aliphatic carbocycles. The Hall–Kier alpha value is -1.94. The molecular weight excluding hydrogens is 1190 g/mol. The van der Waals surface area contributed by atoms with Gasteiger partial charge in [-0.05, 0) is 49.4 Å². The molecule has 0 aromatic heterocycles. The molecule has 3 N–H and O–H groups in total. The Morgan fingerprint density at radius 1 is 0.311 bits per heavy atom. The van der Waals surface area contributed by atoms with Crippen LogP contribution in [-0.2, 0) is 65.4 Å². The van der Waals surface area contributed by atoms with Gasteiger partial charge in [0.15, 0.2) is 12.2 Å². The lowest BCUT2D eigenvalue weighted by atomic mass is 10.00. The standard InChI is InChI=1S/C71H138O17P2/c1-9-64(8)50-42-34-29-30-36-44-52-69(74)82-58-67(88-71(76)54-46-38-28-22-25-33-41-49-63(6)7)60-86-90(79,80)84-56-65(72)55-83-89(77,78)85-59-66(57-81-68(73)51-43-35-26-21-20-24-32-40-48-62(4)5)87-70(75)53-45-37-27-19-17-15-13-11-10-12-14-16-18-23-31-39-47-61(2)3/h61-67,72H,9-60H2,1-8H3,(H,77,78)(H,79,80)/t64?,65-,66-,67-/m1/s1. The quantitative estimate of drug-likeness (QED) is 0.0222. The molecule has 19 heteroatoms. The van der Waals surface area contributed by atoms with E-state index in [1.165, 1.54) is 148 Å². The van der Waals surface area contributed by atoms with Crippen molar-refractivity contribution in [2.45, 2.75) is 369 Å². The molecule has 534 valence electrons. The van der Waals surface area contributed by atoms with Crippen molar-refractivity contribution in [2.75, 3.05) is 39.6 Å². The maximum absolute atomic E-state index is 13.0. The first-order chi connectivity index (χ1) is 43.1. The molecule has 0 fully saturated rings. The van der Waals surface area contributed by atoms with Gasteiger partial charge >= 0.3 is 39.5 Å². The van der Waals surface area contributed by atoms with E-state index < -0.39 is 97.5 Å². The fourth-order valence-electron chi connectivity index (χ4n) is 10.6. The van der Waals surface area contributed by atoms with Gasteiger partial charge in [0.05, 0.1) is 26.4 Å². The summed E-state index contributed by atoms with van der Waals surface area (Å²) in [6, 6.07) is 0. The summed E-state index contributed by atoms with van der Waals surface area (Å²) >= 11 is 0. The number of hydrogen-bond acceptors (Lipinski definition) is 15. The van der Waals surface area contributed by atoms with E-state index in [0.717, 1.165) is 114 Å². The number of phosphoric ester groups is 2. The Kier molecular flexibility index (Phi) is 59.4. The van der Waals surface area contributed by atoms with Crippen LogP contribution in [0.25, 0.3) is 0 Å². The SMILES string of the molecule is CCC(C)CCCCCCCCC(=O)OC[C@H](COP(=O)(O)OC[C@H](O)COP(=O)(O)OC[C@@H](COC(=O)CCCCCCCCCCC(C)C)OC(=O)CCCCCCCCCCCCCCCCCCC(C)C)OC(=O)CCCCCCCCCC(C)C. The lowest BCUT2D eigenvalue weighted by molar-refractivity contribution is -0.161. The van der Waals surface area contributed by atoms with Crippen LogP contribution in [0.5, 0.6) is 0 Å². The first-order valence-electron chi connectivity index (χ1n) is 36.7. The van der Waals surface area contributed by atoms with Crippen molar-refractivity contribution in [3.63, 3.8) is 0 Å². The van der Waals surface area contributed by atoms with E-state index in [1.54, 1.807) is 0 Å². The van der Waals surface area contributed by atoms with Crippen LogP contribution in [0.4, 0.5) is 0 Å². The van der Waals surface area contributed by atoms with E-state index in [1.807, 2.05) is 0 Å². The highest BCUT2D eigenvalue weighted by Gasteiger charge is 2.30. The predicted octanol–water partition coefficient (Wildman–Crippen LogP) is 20.1. The third-order valence-electron chi connectivity index (χ3n) is 16.7. The summed E-state index contributed by atoms with van der Waals surface area (Å²) in [4.78, 5) is 72.5. The van der Waals surface area contributed by atoms with Gasteiger partial charge in [0.25, 0.3) is 0 Å². The fourth-order valence-corrected chi connectivity index (χ4v) is 12.2. The number of carbonyl (C=O) groups is 4. The molecule has 0 saturated heterocycles. The largest absolute Gasteiger partial charge is 0.472 e. The molecule has 0 aliphatic heterocycles. The number of hydrogen-bond donors (Lipinski definition) is 3. The molecule has 90 heavy (non-hydrogen) atoms. The smallest absolute Gasteiger partial charge is 0.462 e. The minimum Gasteiger partial charge on any atom is -0.462 e. The zero-order chi connectivity index (χ0) is 66.8. The molecular formula is C71H138O17P2. The van der Waals surface area contributed by atoms with Gasteiger partial charge in [-0.25, -0.2) is 9.13 Å². The highest BCUT2D eigenvalue weighted by atomic mass is 31.2. The molecule has 0 heterocycles. The van der Waals surface area contributed by atoms with Crippen molar-refractivity contribution < 1.29 is 80.2 Å². The van der Waals surface area contributed by atoms with Crippen LogP contribution >= 0.6 is 15.6 Å². The summed E-state index contributed by atoms with van der Waals surface area (Å²) < 4.78 is 68.3. The first-order valence-corrected chi connectivity index (χ1v) is 39.7. The third kappa shape index (κ3) is 63.5. The Labute approximate surface area is 549 Å². The van der Waals surface area contributed by atoms with Gasteiger partial charge in [-0.15, -0.1) is 0 Å². The summed E-state index contributed by atoms with van der Waals surface area (Å²) in [5, 5.41) is 10.6. The highest BCUT2D eigenvalue weighted by molar-refractivity contribution is 7.47. The second kappa shape index (κ2) is 60.7. The van der Waals surface area contributed by atoms with Crippen LogP contribution in [0.1, 0.15) is 351 Å². The summed E-state index contributed by atoms with van der Waals surface area (Å²) in [5.74, 6) is 0.830. The van der Waals surface area contributed by atoms with Crippen molar-refractivity contribution >= 4 is 39.5 Å². The number of unbranched alkanes of at least 4 members (excludes halogenated alkanes) is 33. The number of carbonyl (C=O) groups excluding carboxylic acids is 4. The maximum atomic E-state index is 13.0. The van der Waals surface area contributed by atoms with E-state index in [2.05, 4.69) is 55.4 Å². The van der Waals surface area contributed by atoms with Crippen LogP contribution < -0.4 is 0 Å². The molecule has 0 aliphatic rings. The van der Waals surface area contributed by atoms with Gasteiger partial charge in [-0.3, -0.25) is 37.3 Å². The molecule has 0 aromatic rings. The summed E-state index contributed by atoms with van der Waals surface area (Å²) in [6.45, 7) is 14.0. The molecule has 17 nitrogen and oxygen atoms in total. The Balaban J connectivity index is 5.21. The topological polar surface area (TPSA) is 237 Å². The first kappa shape index (κ1) is 88.1. The number of aliphatic hydroxyl groups is 1. The number of esters is 4. The fraction of sp³-hybridized carbons (Fsp3) is 0.944. The zero-order valence-electron chi connectivity index (χ0n) is 58.8. The van der Waals surface area contributed by atoms with Gasteiger partial charge < -0.3 is 33.8 Å². The summed E-state index contributed by atoms with van der Waals surface area (Å²) in [6.07, 6.45) is 43.3. The number of aliphatic hydroxyl groups excluding tert-OH is 1. The number of ether oxygens (including phenoxy) is 4. The van der Waals surface area contributed by atoms with Crippen molar-refractivity contribution in [1.29, 1.82) is 0 Å². The van der Waals surface area contributed by atoms with Crippen molar-refractivity contribution in [3.05, 3.63) is 0 Å².